The molecule has 1 unspecified atom stereocenters. The summed E-state index contributed by atoms with van der Waals surface area (Å²) in [4.78, 5) is 1.28. The van der Waals surface area contributed by atoms with Crippen LogP contribution in [0.1, 0.15) is 33.2 Å². The fraction of sp³-hybridized carbons (Fsp3) is 0.0455. The minimum atomic E-state index is -0.499. The number of nitrogens with one attached hydrogen (secondary N) is 1. The molecule has 4 heteroatoms. The van der Waals surface area contributed by atoms with Gasteiger partial charge in [0.25, 0.3) is 0 Å². The monoisotopic (exact) mass is 635 g/mol. The molecule has 7 aromatic carbocycles. The topological polar surface area (TPSA) is 30.5 Å². The van der Waals surface area contributed by atoms with Crippen molar-refractivity contribution in [1.82, 2.24) is 0 Å². The summed E-state index contributed by atoms with van der Waals surface area (Å²) in [6.45, 7) is 0. The largest absolute Gasteiger partial charge is 0.449 e. The predicted octanol–water partition coefficient (Wildman–Crippen LogP) is 11.8. The highest BCUT2D eigenvalue weighted by Gasteiger charge is 2.47. The highest BCUT2D eigenvalue weighted by Crippen LogP contribution is 2.60. The van der Waals surface area contributed by atoms with Gasteiger partial charge in [0.1, 0.15) is 5.37 Å². The summed E-state index contributed by atoms with van der Waals surface area (Å²) in [6, 6.07) is 58.3. The van der Waals surface area contributed by atoms with E-state index in [4.69, 9.17) is 9.47 Å². The first-order valence-corrected chi connectivity index (χ1v) is 17.2. The molecule has 3 aliphatic rings. The summed E-state index contributed by atoms with van der Waals surface area (Å²) in [6.07, 6.45) is 0. The van der Waals surface area contributed by atoms with Crippen molar-refractivity contribution >= 4 is 17.4 Å². The predicted molar refractivity (Wildman–Crippen MR) is 194 cm³/mol. The minimum Gasteiger partial charge on any atom is -0.449 e. The fourth-order valence-corrected chi connectivity index (χ4v) is 8.85. The van der Waals surface area contributed by atoms with Gasteiger partial charge in [-0.05, 0) is 92.5 Å². The van der Waals surface area contributed by atoms with Crippen LogP contribution in [-0.2, 0) is 5.41 Å². The average Bonchev–Trinajstić information content (AvgIpc) is 3.71. The molecular formula is C44H29NO2S. The molecule has 0 aromatic heterocycles. The van der Waals surface area contributed by atoms with Gasteiger partial charge in [0, 0.05) is 10.6 Å². The van der Waals surface area contributed by atoms with Crippen molar-refractivity contribution < 1.29 is 9.47 Å². The summed E-state index contributed by atoms with van der Waals surface area (Å²) in [5, 5.41) is 3.84. The third kappa shape index (κ3) is 4.09. The van der Waals surface area contributed by atoms with E-state index in [0.29, 0.717) is 5.75 Å². The first kappa shape index (κ1) is 27.4. The fourth-order valence-electron chi connectivity index (χ4n) is 7.72. The number of hydrogen-bond donors (Lipinski definition) is 1. The normalized spacial score (nSPS) is 15.9. The Morgan fingerprint density at radius 3 is 1.96 bits per heavy atom. The SMILES string of the molecule is c1ccc(C2(c3ccccc3)c3ccccc3-c3cc4c(cc32)Oc2cc(-c3cccc(C5Nc6ccccc6S5)c3)ccc2O4)cc1. The summed E-state index contributed by atoms with van der Waals surface area (Å²) >= 11 is 1.85. The van der Waals surface area contributed by atoms with Gasteiger partial charge in [0.05, 0.1) is 5.41 Å². The Bertz CT molecular complexity index is 2300. The highest BCUT2D eigenvalue weighted by atomic mass is 32.2. The third-order valence-electron chi connectivity index (χ3n) is 9.85. The van der Waals surface area contributed by atoms with Gasteiger partial charge in [-0.15, -0.1) is 0 Å². The van der Waals surface area contributed by atoms with Crippen molar-refractivity contribution in [1.29, 1.82) is 0 Å². The lowest BCUT2D eigenvalue weighted by Crippen LogP contribution is -2.28. The molecule has 0 saturated carbocycles. The number of rotatable bonds is 4. The molecule has 1 N–H and O–H groups in total. The summed E-state index contributed by atoms with van der Waals surface area (Å²) in [7, 11) is 0. The minimum absolute atomic E-state index is 0.173. The van der Waals surface area contributed by atoms with E-state index in [-0.39, 0.29) is 5.37 Å². The van der Waals surface area contributed by atoms with Gasteiger partial charge in [-0.25, -0.2) is 0 Å². The maximum Gasteiger partial charge on any atom is 0.170 e. The second kappa shape index (κ2) is 10.7. The van der Waals surface area contributed by atoms with Crippen LogP contribution in [0.15, 0.2) is 169 Å². The number of benzene rings is 7. The number of thioether (sulfide) groups is 1. The van der Waals surface area contributed by atoms with Gasteiger partial charge in [-0.3, -0.25) is 0 Å². The van der Waals surface area contributed by atoms with Crippen molar-refractivity contribution in [3.63, 3.8) is 0 Å². The maximum atomic E-state index is 6.76. The van der Waals surface area contributed by atoms with Crippen molar-refractivity contribution in [2.45, 2.75) is 15.7 Å². The van der Waals surface area contributed by atoms with Crippen LogP contribution in [0.4, 0.5) is 5.69 Å². The van der Waals surface area contributed by atoms with E-state index in [1.807, 2.05) is 17.8 Å². The number of anilines is 1. The summed E-state index contributed by atoms with van der Waals surface area (Å²) in [5.74, 6) is 2.88. The molecule has 0 amide bonds. The molecule has 228 valence electrons. The molecule has 48 heavy (non-hydrogen) atoms. The number of para-hydroxylation sites is 1. The van der Waals surface area contributed by atoms with E-state index >= 15 is 0 Å². The molecule has 10 rings (SSSR count). The first-order chi connectivity index (χ1) is 23.8. The lowest BCUT2D eigenvalue weighted by molar-refractivity contribution is 0.359. The van der Waals surface area contributed by atoms with Crippen molar-refractivity contribution in [2.75, 3.05) is 5.32 Å². The van der Waals surface area contributed by atoms with Crippen LogP contribution in [0.3, 0.4) is 0 Å². The van der Waals surface area contributed by atoms with Crippen molar-refractivity contribution in [3.8, 4) is 45.3 Å². The quantitative estimate of drug-likeness (QED) is 0.208. The molecule has 3 nitrogen and oxygen atoms in total. The Kier molecular flexibility index (Phi) is 6.09. The molecule has 0 fully saturated rings. The van der Waals surface area contributed by atoms with E-state index in [1.54, 1.807) is 0 Å². The van der Waals surface area contributed by atoms with E-state index in [2.05, 4.69) is 163 Å². The van der Waals surface area contributed by atoms with E-state index in [1.165, 1.54) is 44.0 Å². The van der Waals surface area contributed by atoms with E-state index in [0.717, 1.165) is 33.9 Å². The maximum absolute atomic E-state index is 6.76. The second-order valence-corrected chi connectivity index (χ2v) is 13.6. The summed E-state index contributed by atoms with van der Waals surface area (Å²) in [5.41, 5.74) is 11.4. The molecule has 0 radical (unpaired) electrons. The van der Waals surface area contributed by atoms with Crippen LogP contribution < -0.4 is 14.8 Å². The van der Waals surface area contributed by atoms with E-state index < -0.39 is 5.41 Å². The van der Waals surface area contributed by atoms with Crippen LogP contribution in [-0.4, -0.2) is 0 Å². The molecular weight excluding hydrogens is 607 g/mol. The number of fused-ring (bicyclic) bond motifs is 6. The Labute approximate surface area is 283 Å². The Morgan fingerprint density at radius 2 is 1.15 bits per heavy atom. The first-order valence-electron chi connectivity index (χ1n) is 16.3. The number of ether oxygens (including phenoxy) is 2. The highest BCUT2D eigenvalue weighted by molar-refractivity contribution is 8.00. The second-order valence-electron chi connectivity index (χ2n) is 12.5. The summed E-state index contributed by atoms with van der Waals surface area (Å²) < 4.78 is 13.4. The van der Waals surface area contributed by atoms with Gasteiger partial charge in [0.2, 0.25) is 0 Å². The third-order valence-corrected chi connectivity index (χ3v) is 11.1. The lowest BCUT2D eigenvalue weighted by Gasteiger charge is -2.34. The molecule has 0 bridgehead atoms. The van der Waals surface area contributed by atoms with Gasteiger partial charge < -0.3 is 14.8 Å². The average molecular weight is 636 g/mol. The smallest absolute Gasteiger partial charge is 0.170 e. The van der Waals surface area contributed by atoms with Gasteiger partial charge in [-0.2, -0.15) is 0 Å². The van der Waals surface area contributed by atoms with E-state index in [9.17, 15) is 0 Å². The van der Waals surface area contributed by atoms with Crippen LogP contribution in [0.25, 0.3) is 22.3 Å². The lowest BCUT2D eigenvalue weighted by atomic mass is 9.67. The van der Waals surface area contributed by atoms with Crippen LogP contribution in [0.2, 0.25) is 0 Å². The molecule has 2 aliphatic heterocycles. The molecule has 1 atom stereocenters. The zero-order chi connectivity index (χ0) is 31.7. The van der Waals surface area contributed by atoms with Gasteiger partial charge in [-0.1, -0.05) is 133 Å². The molecule has 0 spiro atoms. The zero-order valence-corrected chi connectivity index (χ0v) is 26.7. The molecule has 1 aliphatic carbocycles. The van der Waals surface area contributed by atoms with Crippen LogP contribution in [0.5, 0.6) is 23.0 Å². The molecule has 0 saturated heterocycles. The zero-order valence-electron chi connectivity index (χ0n) is 25.9. The standard InChI is InChI=1S/C44H29NO2S/c1-3-14-31(15-4-1)44(32-16-5-2-6-17-32)35-19-8-7-18-33(35)34-26-40-41(27-36(34)44)47-39-25-29(22-23-38(39)46-40)28-12-11-13-30(24-28)43-45-37-20-9-10-21-42(37)48-43/h1-27,43,45H. The Hall–Kier alpha value is -5.71. The molecule has 7 aromatic rings. The van der Waals surface area contributed by atoms with Crippen molar-refractivity contribution in [2.24, 2.45) is 0 Å². The Balaban J connectivity index is 1.06. The van der Waals surface area contributed by atoms with Gasteiger partial charge in [0.15, 0.2) is 23.0 Å². The number of hydrogen-bond acceptors (Lipinski definition) is 4. The van der Waals surface area contributed by atoms with Crippen LogP contribution in [0, 0.1) is 0 Å². The van der Waals surface area contributed by atoms with Crippen LogP contribution >= 0.6 is 11.8 Å². The van der Waals surface area contributed by atoms with Gasteiger partial charge >= 0.3 is 0 Å². The van der Waals surface area contributed by atoms with Crippen molar-refractivity contribution in [3.05, 3.63) is 192 Å². The molecule has 2 heterocycles. The Morgan fingerprint density at radius 1 is 0.479 bits per heavy atom.